The lowest BCUT2D eigenvalue weighted by Crippen LogP contribution is -2.32. The van der Waals surface area contributed by atoms with Crippen molar-refractivity contribution in [2.75, 3.05) is 6.54 Å². The molecule has 3 nitrogen and oxygen atoms in total. The van der Waals surface area contributed by atoms with Gasteiger partial charge in [-0.2, -0.15) is 0 Å². The van der Waals surface area contributed by atoms with Gasteiger partial charge in [-0.25, -0.2) is 4.79 Å². The van der Waals surface area contributed by atoms with Gasteiger partial charge in [-0.3, -0.25) is 0 Å². The molecule has 3 heteroatoms. The van der Waals surface area contributed by atoms with Crippen LogP contribution in [0.1, 0.15) is 31.9 Å². The Labute approximate surface area is 131 Å². The number of carbonyl (C=O) groups is 1. The van der Waals surface area contributed by atoms with Gasteiger partial charge in [-0.1, -0.05) is 42.2 Å². The van der Waals surface area contributed by atoms with E-state index in [0.29, 0.717) is 0 Å². The first-order valence-electron chi connectivity index (χ1n) is 7.31. The average Bonchev–Trinajstić information content (AvgIpc) is 2.44. The highest BCUT2D eigenvalue weighted by molar-refractivity contribution is 5.90. The first-order chi connectivity index (χ1) is 10.4. The molecule has 0 aliphatic heterocycles. The number of alkyl carbamates (subject to hydrolysis) is 1. The molecule has 0 aliphatic rings. The Morgan fingerprint density at radius 1 is 1.14 bits per heavy atom. The van der Waals surface area contributed by atoms with Crippen LogP contribution in [-0.4, -0.2) is 18.2 Å². The maximum Gasteiger partial charge on any atom is 0.408 e. The average molecular weight is 295 g/mol. The molecule has 0 spiro atoms. The molecule has 2 rings (SSSR count). The number of hydrogen-bond acceptors (Lipinski definition) is 2. The molecule has 22 heavy (non-hydrogen) atoms. The maximum atomic E-state index is 11.5. The topological polar surface area (TPSA) is 38.3 Å². The lowest BCUT2D eigenvalue weighted by Gasteiger charge is -2.19. The number of hydrogen-bond donors (Lipinski definition) is 1. The minimum Gasteiger partial charge on any atom is -0.444 e. The van der Waals surface area contributed by atoms with Gasteiger partial charge in [0.05, 0.1) is 6.54 Å². The summed E-state index contributed by atoms with van der Waals surface area (Å²) in [5.41, 5.74) is 1.70. The Morgan fingerprint density at radius 3 is 2.50 bits per heavy atom. The second-order valence-electron chi connectivity index (χ2n) is 6.13. The first kappa shape index (κ1) is 15.9. The van der Waals surface area contributed by atoms with E-state index in [1.807, 2.05) is 39.0 Å². The van der Waals surface area contributed by atoms with Crippen molar-refractivity contribution in [2.45, 2.75) is 33.3 Å². The monoisotopic (exact) mass is 295 g/mol. The summed E-state index contributed by atoms with van der Waals surface area (Å²) < 4.78 is 5.16. The van der Waals surface area contributed by atoms with Crippen molar-refractivity contribution in [3.63, 3.8) is 0 Å². The van der Waals surface area contributed by atoms with E-state index in [1.165, 1.54) is 10.9 Å². The molecule has 0 heterocycles. The number of fused-ring (bicyclic) bond motifs is 1. The zero-order valence-electron chi connectivity index (χ0n) is 13.5. The molecule has 0 atom stereocenters. The van der Waals surface area contributed by atoms with Gasteiger partial charge in [0.25, 0.3) is 0 Å². The van der Waals surface area contributed by atoms with Crippen LogP contribution in [0.3, 0.4) is 0 Å². The molecule has 0 unspecified atom stereocenters. The third kappa shape index (κ3) is 4.26. The van der Waals surface area contributed by atoms with Crippen LogP contribution in [0.2, 0.25) is 0 Å². The zero-order valence-corrected chi connectivity index (χ0v) is 13.5. The highest BCUT2D eigenvalue weighted by Crippen LogP contribution is 2.21. The summed E-state index contributed by atoms with van der Waals surface area (Å²) in [7, 11) is 0. The highest BCUT2D eigenvalue weighted by Gasteiger charge is 2.14. The highest BCUT2D eigenvalue weighted by atomic mass is 16.6. The number of aryl methyl sites for hydroxylation is 1. The smallest absolute Gasteiger partial charge is 0.408 e. The van der Waals surface area contributed by atoms with E-state index in [0.717, 1.165) is 10.9 Å². The summed E-state index contributed by atoms with van der Waals surface area (Å²) in [4.78, 5) is 11.5. The Morgan fingerprint density at radius 2 is 1.82 bits per heavy atom. The Hall–Kier alpha value is -2.47. The van der Waals surface area contributed by atoms with Crippen molar-refractivity contribution in [1.29, 1.82) is 0 Å². The van der Waals surface area contributed by atoms with Gasteiger partial charge in [0, 0.05) is 5.56 Å². The van der Waals surface area contributed by atoms with E-state index in [2.05, 4.69) is 42.3 Å². The number of amides is 1. The second kappa shape index (κ2) is 6.53. The Balaban J connectivity index is 2.07. The zero-order chi connectivity index (χ0) is 16.2. The summed E-state index contributed by atoms with van der Waals surface area (Å²) in [6.07, 6.45) is -0.449. The van der Waals surface area contributed by atoms with E-state index < -0.39 is 11.7 Å². The second-order valence-corrected chi connectivity index (χ2v) is 6.13. The van der Waals surface area contributed by atoms with Crippen LogP contribution in [-0.2, 0) is 4.74 Å². The molecule has 2 aromatic carbocycles. The summed E-state index contributed by atoms with van der Waals surface area (Å²) in [6, 6.07) is 12.3. The lowest BCUT2D eigenvalue weighted by molar-refractivity contribution is 0.0535. The number of benzene rings is 2. The van der Waals surface area contributed by atoms with E-state index in [1.54, 1.807) is 0 Å². The maximum absolute atomic E-state index is 11.5. The number of rotatable bonds is 1. The predicted octanol–water partition coefficient (Wildman–Crippen LogP) is 4.02. The molecule has 0 saturated heterocycles. The van der Waals surface area contributed by atoms with E-state index in [9.17, 15) is 4.79 Å². The molecular formula is C19H21NO2. The van der Waals surface area contributed by atoms with Crippen LogP contribution >= 0.6 is 0 Å². The molecule has 0 bridgehead atoms. The molecule has 0 saturated carbocycles. The van der Waals surface area contributed by atoms with Gasteiger partial charge in [-0.15, -0.1) is 0 Å². The van der Waals surface area contributed by atoms with Crippen molar-refractivity contribution in [3.05, 3.63) is 47.5 Å². The van der Waals surface area contributed by atoms with E-state index in [-0.39, 0.29) is 6.54 Å². The van der Waals surface area contributed by atoms with Crippen LogP contribution in [0.5, 0.6) is 0 Å². The summed E-state index contributed by atoms with van der Waals surface area (Å²) in [5.74, 6) is 6.08. The Kier molecular flexibility index (Phi) is 4.72. The van der Waals surface area contributed by atoms with Crippen molar-refractivity contribution in [3.8, 4) is 11.8 Å². The number of nitrogens with one attached hydrogen (secondary N) is 1. The van der Waals surface area contributed by atoms with Crippen molar-refractivity contribution < 1.29 is 9.53 Å². The minimum absolute atomic E-state index is 0.261. The fourth-order valence-corrected chi connectivity index (χ4v) is 2.13. The largest absolute Gasteiger partial charge is 0.444 e. The number of ether oxygens (including phenoxy) is 1. The van der Waals surface area contributed by atoms with Crippen molar-refractivity contribution in [1.82, 2.24) is 5.32 Å². The van der Waals surface area contributed by atoms with Crippen LogP contribution in [0.15, 0.2) is 36.4 Å². The van der Waals surface area contributed by atoms with E-state index >= 15 is 0 Å². The summed E-state index contributed by atoms with van der Waals surface area (Å²) in [6.45, 7) is 7.84. The van der Waals surface area contributed by atoms with Gasteiger partial charge >= 0.3 is 6.09 Å². The number of carbonyl (C=O) groups excluding carboxylic acids is 1. The van der Waals surface area contributed by atoms with E-state index in [4.69, 9.17) is 4.74 Å². The minimum atomic E-state index is -0.495. The third-order valence-electron chi connectivity index (χ3n) is 3.09. The molecule has 0 fully saturated rings. The van der Waals surface area contributed by atoms with Gasteiger partial charge < -0.3 is 10.1 Å². The standard InChI is InChI=1S/C19H21NO2/c1-14-11-12-15(17-10-6-5-9-16(14)17)8-7-13-20-18(21)22-19(2,3)4/h5-6,9-12H,13H2,1-4H3,(H,20,21). The molecule has 1 N–H and O–H groups in total. The van der Waals surface area contributed by atoms with Crippen LogP contribution in [0, 0.1) is 18.8 Å². The van der Waals surface area contributed by atoms with Gasteiger partial charge in [0.15, 0.2) is 0 Å². The molecular weight excluding hydrogens is 274 g/mol. The fourth-order valence-electron chi connectivity index (χ4n) is 2.13. The summed E-state index contributed by atoms with van der Waals surface area (Å²) in [5, 5.41) is 4.97. The lowest BCUT2D eigenvalue weighted by atomic mass is 10.0. The van der Waals surface area contributed by atoms with Gasteiger partial charge in [0.1, 0.15) is 5.60 Å². The molecule has 0 aliphatic carbocycles. The third-order valence-corrected chi connectivity index (χ3v) is 3.09. The fraction of sp³-hybridized carbons (Fsp3) is 0.316. The first-order valence-corrected chi connectivity index (χ1v) is 7.31. The molecule has 1 amide bonds. The molecule has 0 radical (unpaired) electrons. The van der Waals surface area contributed by atoms with Crippen LogP contribution in [0.4, 0.5) is 4.79 Å². The Bertz CT molecular complexity index is 745. The molecule has 114 valence electrons. The van der Waals surface area contributed by atoms with Crippen molar-refractivity contribution >= 4 is 16.9 Å². The summed E-state index contributed by atoms with van der Waals surface area (Å²) >= 11 is 0. The van der Waals surface area contributed by atoms with Crippen molar-refractivity contribution in [2.24, 2.45) is 0 Å². The van der Waals surface area contributed by atoms with Crippen LogP contribution < -0.4 is 5.32 Å². The van der Waals surface area contributed by atoms with Gasteiger partial charge in [-0.05, 0) is 50.1 Å². The molecule has 0 aromatic heterocycles. The normalized spacial score (nSPS) is 10.7. The quantitative estimate of drug-likeness (QED) is 0.807. The predicted molar refractivity (Wildman–Crippen MR) is 89.8 cm³/mol. The van der Waals surface area contributed by atoms with Gasteiger partial charge in [0.2, 0.25) is 0 Å². The van der Waals surface area contributed by atoms with Crippen LogP contribution in [0.25, 0.3) is 10.8 Å². The SMILES string of the molecule is Cc1ccc(C#CCNC(=O)OC(C)(C)C)c2ccccc12. The molecule has 2 aromatic rings.